The second-order valence-electron chi connectivity index (χ2n) is 3.89. The van der Waals surface area contributed by atoms with E-state index < -0.39 is 0 Å². The van der Waals surface area contributed by atoms with Crippen LogP contribution in [0.15, 0.2) is 59.4 Å². The van der Waals surface area contributed by atoms with Crippen LogP contribution in [-0.2, 0) is 0 Å². The lowest BCUT2D eigenvalue weighted by molar-refractivity contribution is 0.595. The molecule has 18 heavy (non-hydrogen) atoms. The molecule has 0 unspecified atom stereocenters. The van der Waals surface area contributed by atoms with E-state index in [0.717, 1.165) is 16.7 Å². The number of pyridine rings is 1. The van der Waals surface area contributed by atoms with Gasteiger partial charge in [0.15, 0.2) is 5.76 Å². The topological polar surface area (TPSA) is 64.9 Å². The number of anilines is 1. The summed E-state index contributed by atoms with van der Waals surface area (Å²) in [6.07, 6.45) is 5.20. The first-order valence-electron chi connectivity index (χ1n) is 5.55. The molecular formula is C14H11N3O. The number of rotatable bonds is 2. The third-order valence-electron chi connectivity index (χ3n) is 2.67. The van der Waals surface area contributed by atoms with E-state index in [-0.39, 0.29) is 6.01 Å². The fraction of sp³-hybridized carbons (Fsp3) is 0. The molecule has 0 atom stereocenters. The molecule has 0 saturated heterocycles. The third-order valence-corrected chi connectivity index (χ3v) is 2.67. The molecule has 2 aromatic heterocycles. The fourth-order valence-corrected chi connectivity index (χ4v) is 1.81. The van der Waals surface area contributed by atoms with Crippen molar-refractivity contribution >= 4 is 6.01 Å². The van der Waals surface area contributed by atoms with Gasteiger partial charge in [0.25, 0.3) is 6.01 Å². The van der Waals surface area contributed by atoms with Crippen molar-refractivity contribution in [3.63, 3.8) is 0 Å². The molecule has 3 aromatic rings. The molecule has 0 aliphatic carbocycles. The Morgan fingerprint density at radius 2 is 1.78 bits per heavy atom. The van der Waals surface area contributed by atoms with E-state index in [0.29, 0.717) is 5.76 Å². The van der Waals surface area contributed by atoms with Gasteiger partial charge in [0.05, 0.1) is 6.20 Å². The highest BCUT2D eigenvalue weighted by atomic mass is 16.4. The van der Waals surface area contributed by atoms with Crippen molar-refractivity contribution in [1.29, 1.82) is 0 Å². The molecule has 4 nitrogen and oxygen atoms in total. The maximum atomic E-state index is 5.48. The van der Waals surface area contributed by atoms with Gasteiger partial charge in [0.2, 0.25) is 0 Å². The zero-order chi connectivity index (χ0) is 12.4. The molecule has 0 aliphatic heterocycles. The summed E-state index contributed by atoms with van der Waals surface area (Å²) in [4.78, 5) is 8.01. The first-order valence-corrected chi connectivity index (χ1v) is 5.55. The Bertz CT molecular complexity index is 662. The molecule has 0 spiro atoms. The van der Waals surface area contributed by atoms with E-state index in [2.05, 4.69) is 9.97 Å². The Labute approximate surface area is 104 Å². The minimum Gasteiger partial charge on any atom is -0.424 e. The van der Waals surface area contributed by atoms with Gasteiger partial charge < -0.3 is 10.2 Å². The van der Waals surface area contributed by atoms with Crippen LogP contribution in [0.3, 0.4) is 0 Å². The van der Waals surface area contributed by atoms with Gasteiger partial charge in [-0.2, -0.15) is 0 Å². The van der Waals surface area contributed by atoms with Crippen molar-refractivity contribution in [2.24, 2.45) is 0 Å². The monoisotopic (exact) mass is 237 g/mol. The standard InChI is InChI=1S/C14H11N3O/c15-14-17-9-13(18-14)11-4-1-3-10(7-11)12-5-2-6-16-8-12/h1-9H,(H2,15,17). The minimum absolute atomic E-state index is 0.178. The molecule has 0 aliphatic rings. The lowest BCUT2D eigenvalue weighted by atomic mass is 10.0. The summed E-state index contributed by atoms with van der Waals surface area (Å²) in [5, 5.41) is 0. The van der Waals surface area contributed by atoms with E-state index in [1.165, 1.54) is 0 Å². The van der Waals surface area contributed by atoms with Crippen LogP contribution in [-0.4, -0.2) is 9.97 Å². The Morgan fingerprint density at radius 3 is 2.50 bits per heavy atom. The molecule has 0 amide bonds. The summed E-state index contributed by atoms with van der Waals surface area (Å²) in [6, 6.07) is 12.1. The number of oxazole rings is 1. The van der Waals surface area contributed by atoms with Gasteiger partial charge >= 0.3 is 0 Å². The van der Waals surface area contributed by atoms with Crippen LogP contribution in [0.2, 0.25) is 0 Å². The van der Waals surface area contributed by atoms with Crippen LogP contribution in [0.5, 0.6) is 0 Å². The van der Waals surface area contributed by atoms with Gasteiger partial charge in [-0.15, -0.1) is 0 Å². The molecule has 0 fully saturated rings. The molecule has 2 heterocycles. The van der Waals surface area contributed by atoms with Crippen LogP contribution < -0.4 is 5.73 Å². The predicted molar refractivity (Wildman–Crippen MR) is 69.6 cm³/mol. The Morgan fingerprint density at radius 1 is 0.944 bits per heavy atom. The molecule has 88 valence electrons. The molecule has 3 rings (SSSR count). The number of nitrogens with two attached hydrogens (primary N) is 1. The number of nitrogen functional groups attached to an aromatic ring is 1. The van der Waals surface area contributed by atoms with Crippen molar-refractivity contribution in [2.75, 3.05) is 5.73 Å². The van der Waals surface area contributed by atoms with E-state index in [1.54, 1.807) is 12.4 Å². The zero-order valence-electron chi connectivity index (χ0n) is 9.58. The third kappa shape index (κ3) is 1.96. The number of nitrogens with zero attached hydrogens (tertiary/aromatic N) is 2. The van der Waals surface area contributed by atoms with Crippen molar-refractivity contribution in [3.05, 3.63) is 55.0 Å². The van der Waals surface area contributed by atoms with Gasteiger partial charge in [-0.1, -0.05) is 24.3 Å². The van der Waals surface area contributed by atoms with Gasteiger partial charge in [-0.25, -0.2) is 4.98 Å². The van der Waals surface area contributed by atoms with E-state index in [1.807, 2.05) is 42.6 Å². The summed E-state index contributed by atoms with van der Waals surface area (Å²) in [7, 11) is 0. The summed E-state index contributed by atoms with van der Waals surface area (Å²) < 4.78 is 5.31. The zero-order valence-corrected chi connectivity index (χ0v) is 9.58. The van der Waals surface area contributed by atoms with Crippen molar-refractivity contribution in [3.8, 4) is 22.5 Å². The van der Waals surface area contributed by atoms with E-state index >= 15 is 0 Å². The SMILES string of the molecule is Nc1ncc(-c2cccc(-c3cccnc3)c2)o1. The number of benzene rings is 1. The number of aromatic nitrogens is 2. The molecule has 0 radical (unpaired) electrons. The quantitative estimate of drug-likeness (QED) is 0.744. The average Bonchev–Trinajstić information content (AvgIpc) is 2.87. The molecule has 4 heteroatoms. The van der Waals surface area contributed by atoms with Gasteiger partial charge in [0.1, 0.15) is 0 Å². The molecule has 0 saturated carbocycles. The van der Waals surface area contributed by atoms with Gasteiger partial charge in [-0.05, 0) is 17.7 Å². The summed E-state index contributed by atoms with van der Waals surface area (Å²) in [5.41, 5.74) is 8.56. The van der Waals surface area contributed by atoms with Crippen LogP contribution >= 0.6 is 0 Å². The molecule has 2 N–H and O–H groups in total. The lowest BCUT2D eigenvalue weighted by Gasteiger charge is -2.02. The number of hydrogen-bond donors (Lipinski definition) is 1. The summed E-state index contributed by atoms with van der Waals surface area (Å²) >= 11 is 0. The van der Waals surface area contributed by atoms with E-state index in [4.69, 9.17) is 10.2 Å². The second-order valence-corrected chi connectivity index (χ2v) is 3.89. The lowest BCUT2D eigenvalue weighted by Crippen LogP contribution is -1.81. The predicted octanol–water partition coefficient (Wildman–Crippen LogP) is 2.99. The maximum absolute atomic E-state index is 5.48. The smallest absolute Gasteiger partial charge is 0.292 e. The summed E-state index contributed by atoms with van der Waals surface area (Å²) in [6.45, 7) is 0. The highest BCUT2D eigenvalue weighted by Gasteiger charge is 2.05. The van der Waals surface area contributed by atoms with Crippen molar-refractivity contribution in [1.82, 2.24) is 9.97 Å². The Hall–Kier alpha value is -2.62. The first kappa shape index (κ1) is 10.5. The van der Waals surface area contributed by atoms with Crippen molar-refractivity contribution in [2.45, 2.75) is 0 Å². The Balaban J connectivity index is 2.05. The molecule has 0 bridgehead atoms. The number of hydrogen-bond acceptors (Lipinski definition) is 4. The van der Waals surface area contributed by atoms with Gasteiger partial charge in [0, 0.05) is 23.5 Å². The van der Waals surface area contributed by atoms with Crippen LogP contribution in [0, 0.1) is 0 Å². The summed E-state index contributed by atoms with van der Waals surface area (Å²) in [5.74, 6) is 0.665. The van der Waals surface area contributed by atoms with Crippen LogP contribution in [0.1, 0.15) is 0 Å². The largest absolute Gasteiger partial charge is 0.424 e. The second kappa shape index (κ2) is 4.33. The van der Waals surface area contributed by atoms with Crippen LogP contribution in [0.4, 0.5) is 6.01 Å². The minimum atomic E-state index is 0.178. The highest BCUT2D eigenvalue weighted by Crippen LogP contribution is 2.26. The normalized spacial score (nSPS) is 10.4. The van der Waals surface area contributed by atoms with E-state index in [9.17, 15) is 0 Å². The molecular weight excluding hydrogens is 226 g/mol. The molecule has 1 aromatic carbocycles. The fourth-order valence-electron chi connectivity index (χ4n) is 1.81. The highest BCUT2D eigenvalue weighted by molar-refractivity contribution is 5.70. The van der Waals surface area contributed by atoms with Crippen LogP contribution in [0.25, 0.3) is 22.5 Å². The first-order chi connectivity index (χ1) is 8.83. The van der Waals surface area contributed by atoms with Gasteiger partial charge in [-0.3, -0.25) is 4.98 Å². The average molecular weight is 237 g/mol. The maximum Gasteiger partial charge on any atom is 0.292 e. The van der Waals surface area contributed by atoms with Crippen molar-refractivity contribution < 1.29 is 4.42 Å². The Kier molecular flexibility index (Phi) is 2.53.